The Hall–Kier alpha value is -4.74. The molecule has 12 heteroatoms. The molecule has 47 heavy (non-hydrogen) atoms. The Morgan fingerprint density at radius 2 is 1.94 bits per heavy atom. The molecule has 3 aromatic heterocycles. The van der Waals surface area contributed by atoms with Crippen molar-refractivity contribution < 1.29 is 23.8 Å². The van der Waals surface area contributed by atoms with E-state index in [2.05, 4.69) is 25.9 Å². The number of likely N-dealkylation sites (tertiary alicyclic amines) is 1. The summed E-state index contributed by atoms with van der Waals surface area (Å²) in [6.07, 6.45) is 6.60. The smallest absolute Gasteiger partial charge is 0.328 e. The molecule has 2 aromatic carbocycles. The number of benzene rings is 2. The van der Waals surface area contributed by atoms with Gasteiger partial charge in [-0.1, -0.05) is 23.7 Å². The summed E-state index contributed by atoms with van der Waals surface area (Å²) < 4.78 is 30.3. The van der Waals surface area contributed by atoms with Gasteiger partial charge in [-0.05, 0) is 80.3 Å². The van der Waals surface area contributed by atoms with Crippen LogP contribution in [-0.2, 0) is 31.0 Å². The van der Waals surface area contributed by atoms with Crippen molar-refractivity contribution in [2.75, 3.05) is 13.1 Å². The van der Waals surface area contributed by atoms with Gasteiger partial charge in [0.1, 0.15) is 29.8 Å². The van der Waals surface area contributed by atoms with Gasteiger partial charge in [0.25, 0.3) is 0 Å². The minimum absolute atomic E-state index is 0.0575. The molecule has 5 aromatic rings. The third-order valence-corrected chi connectivity index (χ3v) is 8.50. The lowest BCUT2D eigenvalue weighted by molar-refractivity contribution is -0.131. The van der Waals surface area contributed by atoms with Gasteiger partial charge in [-0.2, -0.15) is 0 Å². The summed E-state index contributed by atoms with van der Waals surface area (Å²) in [7, 11) is 0. The predicted molar refractivity (Wildman–Crippen MR) is 177 cm³/mol. The zero-order valence-electron chi connectivity index (χ0n) is 26.3. The average molecular weight is 659 g/mol. The highest BCUT2D eigenvalue weighted by Gasteiger charge is 2.24. The van der Waals surface area contributed by atoms with Crippen LogP contribution in [0.3, 0.4) is 0 Å². The Labute approximate surface area is 277 Å². The number of nitrogens with zero attached hydrogens (tertiary/aromatic N) is 6. The number of imidazole rings is 2. The van der Waals surface area contributed by atoms with E-state index in [9.17, 15) is 14.3 Å². The third-order valence-electron chi connectivity index (χ3n) is 8.26. The Kier molecular flexibility index (Phi) is 9.84. The Morgan fingerprint density at radius 1 is 1.11 bits per heavy atom. The number of aryl methyl sites for hydroxylation is 1. The Morgan fingerprint density at radius 3 is 2.70 bits per heavy atom. The van der Waals surface area contributed by atoms with E-state index in [0.717, 1.165) is 60.8 Å². The molecule has 0 bridgehead atoms. The number of piperidine rings is 1. The molecule has 0 radical (unpaired) electrons. The number of ether oxygens (including phenoxy) is 2. The van der Waals surface area contributed by atoms with Gasteiger partial charge in [0.2, 0.25) is 0 Å². The minimum Gasteiger partial charge on any atom is -0.490 e. The van der Waals surface area contributed by atoms with Crippen LogP contribution in [0.2, 0.25) is 5.02 Å². The highest BCUT2D eigenvalue weighted by atomic mass is 35.5. The van der Waals surface area contributed by atoms with E-state index in [-0.39, 0.29) is 18.5 Å². The zero-order valence-corrected chi connectivity index (χ0v) is 27.0. The van der Waals surface area contributed by atoms with Crippen LogP contribution in [0.25, 0.3) is 16.7 Å². The molecule has 1 saturated heterocycles. The first kappa shape index (κ1) is 32.2. The molecular formula is C35H36ClFN6O4. The second-order valence-electron chi connectivity index (χ2n) is 11.6. The molecule has 0 aliphatic carbocycles. The number of hydrogen-bond acceptors (Lipinski definition) is 7. The second-order valence-corrected chi connectivity index (χ2v) is 12.0. The summed E-state index contributed by atoms with van der Waals surface area (Å²) in [5.74, 6) is 0.287. The lowest BCUT2D eigenvalue weighted by Crippen LogP contribution is -2.38. The molecule has 0 saturated carbocycles. The van der Waals surface area contributed by atoms with Crippen LogP contribution in [0.4, 0.5) is 4.39 Å². The molecule has 4 heterocycles. The molecule has 10 nitrogen and oxygen atoms in total. The standard InChI is InChI=1S/C35H36ClFN6O4/c1-3-42-22-38-18-26(42)19-43-33(39-31-9-8-30(40-35(31)43)23(2)15-34(44)45)20-41-13-11-27(12-14-41)47-28-6-4-5-24(16-28)21-46-32-10-7-25(36)17-29(32)37/h4-10,15-18,22,27H,3,11-14,19-21H2,1-2H3,(H,44,45)/b23-15+. The highest BCUT2D eigenvalue weighted by Crippen LogP contribution is 2.26. The fraction of sp³-hybridized carbons (Fsp3) is 0.314. The van der Waals surface area contributed by atoms with Crippen LogP contribution < -0.4 is 9.47 Å². The van der Waals surface area contributed by atoms with E-state index in [1.54, 1.807) is 13.0 Å². The SMILES string of the molecule is CCn1cncc1Cn1c(CN2CCC(Oc3cccc(COc4ccc(Cl)cc4F)c3)CC2)nc2ccc(/C(C)=C/C(=O)O)nc21. The number of aliphatic carboxylic acids is 1. The van der Waals surface area contributed by atoms with Crippen molar-refractivity contribution in [3.8, 4) is 11.5 Å². The van der Waals surface area contributed by atoms with Gasteiger partial charge < -0.3 is 23.7 Å². The molecule has 0 atom stereocenters. The molecule has 244 valence electrons. The van der Waals surface area contributed by atoms with Gasteiger partial charge in [-0.15, -0.1) is 0 Å². The number of halogens is 2. The Balaban J connectivity index is 1.12. The molecule has 1 fully saturated rings. The van der Waals surface area contributed by atoms with Crippen molar-refractivity contribution in [2.24, 2.45) is 0 Å². The Bertz CT molecular complexity index is 1910. The lowest BCUT2D eigenvalue weighted by atomic mass is 10.1. The number of hydrogen-bond donors (Lipinski definition) is 1. The first-order chi connectivity index (χ1) is 22.7. The maximum atomic E-state index is 14.1. The molecule has 1 aliphatic heterocycles. The van der Waals surface area contributed by atoms with E-state index in [4.69, 9.17) is 31.0 Å². The average Bonchev–Trinajstić information content (AvgIpc) is 3.65. The van der Waals surface area contributed by atoms with Gasteiger partial charge in [0.05, 0.1) is 30.8 Å². The van der Waals surface area contributed by atoms with E-state index >= 15 is 0 Å². The van der Waals surface area contributed by atoms with Crippen molar-refractivity contribution in [1.29, 1.82) is 0 Å². The summed E-state index contributed by atoms with van der Waals surface area (Å²) in [6, 6.07) is 15.8. The topological polar surface area (TPSA) is 108 Å². The van der Waals surface area contributed by atoms with Gasteiger partial charge in [-0.3, -0.25) is 4.90 Å². The van der Waals surface area contributed by atoms with Crippen LogP contribution in [-0.4, -0.2) is 59.3 Å². The zero-order chi connectivity index (χ0) is 32.9. The molecular weight excluding hydrogens is 623 g/mol. The van der Waals surface area contributed by atoms with Crippen LogP contribution in [0, 0.1) is 5.82 Å². The fourth-order valence-electron chi connectivity index (χ4n) is 5.78. The fourth-order valence-corrected chi connectivity index (χ4v) is 5.94. The monoisotopic (exact) mass is 658 g/mol. The summed E-state index contributed by atoms with van der Waals surface area (Å²) in [5, 5.41) is 9.57. The third kappa shape index (κ3) is 7.81. The van der Waals surface area contributed by atoms with Crippen molar-refractivity contribution in [1.82, 2.24) is 29.0 Å². The number of rotatable bonds is 12. The number of aromatic nitrogens is 5. The van der Waals surface area contributed by atoms with Crippen molar-refractivity contribution in [3.63, 3.8) is 0 Å². The first-order valence-electron chi connectivity index (χ1n) is 15.6. The van der Waals surface area contributed by atoms with Gasteiger partial charge >= 0.3 is 5.97 Å². The van der Waals surface area contributed by atoms with Crippen molar-refractivity contribution in [3.05, 3.63) is 107 Å². The maximum absolute atomic E-state index is 14.1. The lowest BCUT2D eigenvalue weighted by Gasteiger charge is -2.32. The van der Waals surface area contributed by atoms with E-state index in [1.165, 1.54) is 18.2 Å². The molecule has 6 rings (SSSR count). The van der Waals surface area contributed by atoms with Crippen LogP contribution in [0.5, 0.6) is 11.5 Å². The van der Waals surface area contributed by atoms with Crippen molar-refractivity contribution in [2.45, 2.75) is 59.0 Å². The van der Waals surface area contributed by atoms with E-state index in [1.807, 2.05) is 48.9 Å². The highest BCUT2D eigenvalue weighted by molar-refractivity contribution is 6.30. The number of carboxylic acids is 1. The number of carboxylic acid groups (broad SMARTS) is 1. The van der Waals surface area contributed by atoms with E-state index < -0.39 is 11.8 Å². The van der Waals surface area contributed by atoms with Crippen LogP contribution >= 0.6 is 11.6 Å². The molecule has 0 amide bonds. The molecule has 0 spiro atoms. The van der Waals surface area contributed by atoms with Crippen molar-refractivity contribution >= 4 is 34.3 Å². The maximum Gasteiger partial charge on any atom is 0.328 e. The number of pyridine rings is 1. The normalized spacial score (nSPS) is 14.5. The van der Waals surface area contributed by atoms with E-state index in [0.29, 0.717) is 35.0 Å². The summed E-state index contributed by atoms with van der Waals surface area (Å²) >= 11 is 5.84. The molecule has 1 N–H and O–H groups in total. The summed E-state index contributed by atoms with van der Waals surface area (Å²) in [5.41, 5.74) is 4.56. The quantitative estimate of drug-likeness (QED) is 0.150. The van der Waals surface area contributed by atoms with Gasteiger partial charge in [0.15, 0.2) is 17.2 Å². The second kappa shape index (κ2) is 14.4. The molecule has 1 aliphatic rings. The number of carbonyl (C=O) groups is 1. The van der Waals surface area contributed by atoms with Gasteiger partial charge in [0, 0.05) is 36.9 Å². The number of allylic oxidation sites excluding steroid dienone is 1. The number of fused-ring (bicyclic) bond motifs is 1. The molecule has 0 unspecified atom stereocenters. The summed E-state index contributed by atoms with van der Waals surface area (Å²) in [6.45, 7) is 7.67. The summed E-state index contributed by atoms with van der Waals surface area (Å²) in [4.78, 5) is 27.8. The predicted octanol–water partition coefficient (Wildman–Crippen LogP) is 6.60. The first-order valence-corrected chi connectivity index (χ1v) is 16.0. The largest absolute Gasteiger partial charge is 0.490 e. The minimum atomic E-state index is -1.01. The van der Waals surface area contributed by atoms with Gasteiger partial charge in [-0.25, -0.2) is 24.1 Å². The van der Waals surface area contributed by atoms with Crippen LogP contribution in [0.15, 0.2) is 73.2 Å². The van der Waals surface area contributed by atoms with Crippen LogP contribution in [0.1, 0.15) is 49.5 Å².